The number of nitrogens with zero attached hydrogens (tertiary/aromatic N) is 3. The number of piperazine rings is 1. The summed E-state index contributed by atoms with van der Waals surface area (Å²) in [7, 11) is -8.15. The van der Waals surface area contributed by atoms with E-state index in [0.717, 1.165) is 6.07 Å². The van der Waals surface area contributed by atoms with Crippen molar-refractivity contribution in [2.24, 2.45) is 0 Å². The fraction of sp³-hybridized carbons (Fsp3) is 0.600. The summed E-state index contributed by atoms with van der Waals surface area (Å²) in [5.74, 6) is -0.474. The fourth-order valence-electron chi connectivity index (χ4n) is 3.00. The maximum absolute atomic E-state index is 13.2. The summed E-state index contributed by atoms with van der Waals surface area (Å²) >= 11 is 3.28. The van der Waals surface area contributed by atoms with Crippen molar-refractivity contribution in [3.05, 3.63) is 28.3 Å². The molecule has 0 spiro atoms. The first-order valence-corrected chi connectivity index (χ1v) is 13.0. The molecule has 2 rings (SSSR count). The summed E-state index contributed by atoms with van der Waals surface area (Å²) in [6, 6.07) is 3.62. The number of benzene rings is 1. The van der Waals surface area contributed by atoms with E-state index in [9.17, 15) is 26.9 Å². The van der Waals surface area contributed by atoms with Gasteiger partial charge < -0.3 is 10.2 Å². The Morgan fingerprint density at radius 1 is 1.21 bits per heavy atom. The molecule has 1 aliphatic rings. The quantitative estimate of drug-likeness (QED) is 0.198. The fourth-order valence-corrected chi connectivity index (χ4v) is 5.60. The molecule has 1 heterocycles. The van der Waals surface area contributed by atoms with E-state index in [1.165, 1.54) is 16.4 Å². The van der Waals surface area contributed by atoms with Crippen LogP contribution in [0, 0.1) is 10.1 Å². The number of alkyl halides is 1. The Morgan fingerprint density at radius 2 is 1.86 bits per heavy atom. The Kier molecular flexibility index (Phi) is 8.37. The Hall–Kier alpha value is -1.32. The van der Waals surface area contributed by atoms with Gasteiger partial charge in [-0.1, -0.05) is 15.9 Å². The molecule has 29 heavy (non-hydrogen) atoms. The van der Waals surface area contributed by atoms with Crippen molar-refractivity contribution in [1.29, 1.82) is 0 Å². The highest BCUT2D eigenvalue weighted by Gasteiger charge is 2.31. The van der Waals surface area contributed by atoms with Crippen LogP contribution < -0.4 is 10.2 Å². The van der Waals surface area contributed by atoms with Gasteiger partial charge >= 0.3 is 0 Å². The van der Waals surface area contributed by atoms with Gasteiger partial charge in [0.15, 0.2) is 0 Å². The average molecular weight is 515 g/mol. The number of hydrogen-bond donors (Lipinski definition) is 2. The van der Waals surface area contributed by atoms with E-state index < -0.39 is 30.8 Å². The van der Waals surface area contributed by atoms with Crippen molar-refractivity contribution in [2.45, 2.75) is 11.3 Å². The second-order valence-corrected chi connectivity index (χ2v) is 10.7. The van der Waals surface area contributed by atoms with E-state index in [0.29, 0.717) is 25.0 Å². The third-order valence-corrected chi connectivity index (χ3v) is 7.46. The van der Waals surface area contributed by atoms with Crippen molar-refractivity contribution in [3.63, 3.8) is 0 Å². The summed E-state index contributed by atoms with van der Waals surface area (Å²) < 4.78 is 58.7. The summed E-state index contributed by atoms with van der Waals surface area (Å²) in [6.07, 6.45) is 0.0654. The lowest BCUT2D eigenvalue weighted by molar-refractivity contribution is -0.385. The van der Waals surface area contributed by atoms with Gasteiger partial charge in [-0.25, -0.2) is 8.42 Å². The standard InChI is InChI=1S/C15H23BrN4O7S2/c16-4-8-18(7-1-11-28(23,24)25)14-3-2-13(20(21)22)12-15(14)29(26,27)19-9-5-17-6-10-19/h2-3,12,17H,1,4-11H2,(H,23,24,25). The molecule has 0 unspecified atom stereocenters. The van der Waals surface area contributed by atoms with Crippen LogP contribution in [0.15, 0.2) is 23.1 Å². The molecule has 0 amide bonds. The zero-order chi connectivity index (χ0) is 21.7. The lowest BCUT2D eigenvalue weighted by Crippen LogP contribution is -2.46. The van der Waals surface area contributed by atoms with Gasteiger partial charge in [0.1, 0.15) is 4.90 Å². The lowest BCUT2D eigenvalue weighted by atomic mass is 10.2. The van der Waals surface area contributed by atoms with E-state index in [1.807, 2.05) is 0 Å². The van der Waals surface area contributed by atoms with Crippen LogP contribution in [0.1, 0.15) is 6.42 Å². The second-order valence-electron chi connectivity index (χ2n) is 6.38. The predicted octanol–water partition coefficient (Wildman–Crippen LogP) is 0.668. The molecule has 0 aromatic heterocycles. The van der Waals surface area contributed by atoms with Crippen LogP contribution in [0.25, 0.3) is 0 Å². The van der Waals surface area contributed by atoms with Gasteiger partial charge in [-0.2, -0.15) is 12.7 Å². The molecule has 1 aromatic carbocycles. The highest BCUT2D eigenvalue weighted by Crippen LogP contribution is 2.32. The summed E-state index contributed by atoms with van der Waals surface area (Å²) in [6.45, 7) is 1.92. The predicted molar refractivity (Wildman–Crippen MR) is 112 cm³/mol. The van der Waals surface area contributed by atoms with Crippen molar-refractivity contribution < 1.29 is 26.3 Å². The van der Waals surface area contributed by atoms with E-state index in [1.54, 1.807) is 4.90 Å². The SMILES string of the molecule is O=[N+]([O-])c1ccc(N(CCBr)CCCS(=O)(=O)O)c(S(=O)(=O)N2CCNCC2)c1. The highest BCUT2D eigenvalue weighted by molar-refractivity contribution is 9.09. The maximum Gasteiger partial charge on any atom is 0.270 e. The number of nitro benzene ring substituents is 1. The summed E-state index contributed by atoms with van der Waals surface area (Å²) in [5.41, 5.74) is -0.0943. The lowest BCUT2D eigenvalue weighted by Gasteiger charge is -2.30. The molecular weight excluding hydrogens is 492 g/mol. The van der Waals surface area contributed by atoms with Gasteiger partial charge in [0.05, 0.1) is 16.4 Å². The van der Waals surface area contributed by atoms with Gasteiger partial charge in [-0.05, 0) is 12.5 Å². The van der Waals surface area contributed by atoms with E-state index in [4.69, 9.17) is 4.55 Å². The van der Waals surface area contributed by atoms with Crippen LogP contribution in [0.5, 0.6) is 0 Å². The first-order valence-electron chi connectivity index (χ1n) is 8.81. The minimum absolute atomic E-state index is 0.0654. The maximum atomic E-state index is 13.2. The van der Waals surface area contributed by atoms with Gasteiger partial charge in [0, 0.05) is 56.7 Å². The molecule has 0 radical (unpaired) electrons. The van der Waals surface area contributed by atoms with E-state index in [2.05, 4.69) is 21.2 Å². The van der Waals surface area contributed by atoms with Gasteiger partial charge in [-0.3, -0.25) is 14.7 Å². The van der Waals surface area contributed by atoms with Crippen molar-refractivity contribution >= 4 is 47.4 Å². The molecule has 11 nitrogen and oxygen atoms in total. The number of halogens is 1. The van der Waals surface area contributed by atoms with Crippen molar-refractivity contribution in [1.82, 2.24) is 9.62 Å². The number of hydrogen-bond acceptors (Lipinski definition) is 8. The Bertz CT molecular complexity index is 934. The molecule has 14 heteroatoms. The van der Waals surface area contributed by atoms with Gasteiger partial charge in [0.2, 0.25) is 10.0 Å². The van der Waals surface area contributed by atoms with Crippen molar-refractivity contribution in [3.8, 4) is 0 Å². The smallest absolute Gasteiger partial charge is 0.270 e. The third-order valence-electron chi connectivity index (χ3n) is 4.37. The third kappa shape index (κ3) is 6.58. The van der Waals surface area contributed by atoms with E-state index >= 15 is 0 Å². The van der Waals surface area contributed by atoms with Crippen LogP contribution in [-0.2, 0) is 20.1 Å². The van der Waals surface area contributed by atoms with Crippen LogP contribution >= 0.6 is 15.9 Å². The van der Waals surface area contributed by atoms with Gasteiger partial charge in [-0.15, -0.1) is 0 Å². The van der Waals surface area contributed by atoms with Gasteiger partial charge in [0.25, 0.3) is 15.8 Å². The number of nitrogens with one attached hydrogen (secondary N) is 1. The Labute approximate surface area is 178 Å². The first kappa shape index (κ1) is 24.0. The average Bonchev–Trinajstić information content (AvgIpc) is 2.66. The Balaban J connectivity index is 2.46. The topological polar surface area (TPSA) is 150 Å². The largest absolute Gasteiger partial charge is 0.370 e. The molecule has 1 fully saturated rings. The van der Waals surface area contributed by atoms with Crippen LogP contribution in [0.3, 0.4) is 0 Å². The molecule has 0 aliphatic carbocycles. The molecular formula is C15H23BrN4O7S2. The molecule has 0 saturated carbocycles. The number of sulfonamides is 1. The van der Waals surface area contributed by atoms with Crippen LogP contribution in [0.4, 0.5) is 11.4 Å². The Morgan fingerprint density at radius 3 is 2.41 bits per heavy atom. The normalized spacial score (nSPS) is 15.9. The number of nitro groups is 1. The molecule has 1 saturated heterocycles. The second kappa shape index (κ2) is 10.1. The first-order chi connectivity index (χ1) is 13.6. The minimum Gasteiger partial charge on any atom is -0.370 e. The molecule has 1 aliphatic heterocycles. The summed E-state index contributed by atoms with van der Waals surface area (Å²) in [5, 5.41) is 14.7. The molecule has 1 aromatic rings. The molecule has 0 atom stereocenters. The monoisotopic (exact) mass is 514 g/mol. The van der Waals surface area contributed by atoms with Crippen LogP contribution in [0.2, 0.25) is 0 Å². The minimum atomic E-state index is -4.15. The zero-order valence-corrected chi connectivity index (χ0v) is 18.7. The number of rotatable bonds is 10. The molecule has 164 valence electrons. The number of non-ortho nitro benzene ring substituents is 1. The van der Waals surface area contributed by atoms with Crippen LogP contribution in [-0.4, -0.2) is 81.0 Å². The molecule has 2 N–H and O–H groups in total. The molecule has 0 bridgehead atoms. The highest BCUT2D eigenvalue weighted by atomic mass is 79.9. The van der Waals surface area contributed by atoms with E-state index in [-0.39, 0.29) is 42.3 Å². The zero-order valence-electron chi connectivity index (χ0n) is 15.5. The number of anilines is 1. The summed E-state index contributed by atoms with van der Waals surface area (Å²) in [4.78, 5) is 12.0. The van der Waals surface area contributed by atoms with Crippen molar-refractivity contribution in [2.75, 3.05) is 55.3 Å².